The van der Waals surface area contributed by atoms with Gasteiger partial charge in [0.25, 0.3) is 0 Å². The smallest absolute Gasteiger partial charge is 0.330 e. The second-order valence-corrected chi connectivity index (χ2v) is 14.7. The largest absolute Gasteiger partial charge is 0.463 e. The first-order valence-electron chi connectivity index (χ1n) is 19.5. The lowest BCUT2D eigenvalue weighted by molar-refractivity contribution is -0.249. The molecule has 0 saturated heterocycles. The van der Waals surface area contributed by atoms with Gasteiger partial charge < -0.3 is 28.6 Å². The van der Waals surface area contributed by atoms with Gasteiger partial charge in [-0.3, -0.25) is 9.59 Å². The van der Waals surface area contributed by atoms with Gasteiger partial charge >= 0.3 is 17.9 Å². The van der Waals surface area contributed by atoms with Crippen LogP contribution in [0.2, 0.25) is 0 Å². The van der Waals surface area contributed by atoms with Crippen molar-refractivity contribution in [2.24, 2.45) is 23.7 Å². The van der Waals surface area contributed by atoms with Crippen molar-refractivity contribution < 1.29 is 47.8 Å². The first-order chi connectivity index (χ1) is 24.4. The van der Waals surface area contributed by atoms with Crippen molar-refractivity contribution in [3.63, 3.8) is 0 Å². The van der Waals surface area contributed by atoms with Gasteiger partial charge in [-0.25, -0.2) is 4.79 Å². The zero-order chi connectivity index (χ0) is 35.4. The van der Waals surface area contributed by atoms with E-state index in [0.29, 0.717) is 31.7 Å². The molecule has 0 radical (unpaired) electrons. The average molecular weight is 703 g/mol. The number of carbonyl (C=O) groups excluding carboxylic acids is 3. The molecule has 282 valence electrons. The van der Waals surface area contributed by atoms with Crippen molar-refractivity contribution in [1.29, 1.82) is 0 Å². The van der Waals surface area contributed by atoms with E-state index in [9.17, 15) is 14.4 Å². The third-order valence-electron chi connectivity index (χ3n) is 11.1. The van der Waals surface area contributed by atoms with E-state index in [-0.39, 0.29) is 54.2 Å². The number of hydrogen-bond acceptors (Lipinski definition) is 10. The second kappa shape index (κ2) is 23.0. The third kappa shape index (κ3) is 14.5. The lowest BCUT2D eigenvalue weighted by atomic mass is 9.67. The van der Waals surface area contributed by atoms with E-state index in [4.69, 9.17) is 33.5 Å². The van der Waals surface area contributed by atoms with Gasteiger partial charge in [0.2, 0.25) is 0 Å². The van der Waals surface area contributed by atoms with Crippen molar-refractivity contribution in [3.8, 4) is 0 Å². The van der Waals surface area contributed by atoms with Crippen molar-refractivity contribution in [2.45, 2.75) is 153 Å². The van der Waals surface area contributed by atoms with E-state index in [1.54, 1.807) is 0 Å². The topological polar surface area (TPSA) is 116 Å². The fraction of sp³-hybridized carbons (Fsp3) is 0.800. The van der Waals surface area contributed by atoms with E-state index in [2.05, 4.69) is 18.9 Å². The number of fused-ring (bicyclic) bond motifs is 1. The maximum atomic E-state index is 13.2. The summed E-state index contributed by atoms with van der Waals surface area (Å²) in [5.74, 6) is 0.569. The second-order valence-electron chi connectivity index (χ2n) is 14.7. The standard InChI is InChI=1S/C40H62O10/c1-3-23-47-48-27-10-6-8-25-45-35-19-21-36(22-20-35)49-40(43)33-12-11-32-29-37(18-15-31(32)28-33)50-39(42)30-13-16-34(17-14-30)44-24-7-5-9-26-46-38(41)4-2/h4,23,30-37H,1-2,5-22,24-29H2. The summed E-state index contributed by atoms with van der Waals surface area (Å²) in [6.07, 6.45) is 21.2. The molecule has 0 bridgehead atoms. The molecule has 0 spiro atoms. The Hall–Kier alpha value is -2.65. The Morgan fingerprint density at radius 1 is 0.580 bits per heavy atom. The van der Waals surface area contributed by atoms with Crippen molar-refractivity contribution in [1.82, 2.24) is 0 Å². The molecule has 4 atom stereocenters. The molecule has 10 nitrogen and oxygen atoms in total. The maximum Gasteiger partial charge on any atom is 0.330 e. The molecule has 4 saturated carbocycles. The molecule has 0 aromatic rings. The minimum atomic E-state index is -0.377. The Kier molecular flexibility index (Phi) is 18.5. The minimum Gasteiger partial charge on any atom is -0.463 e. The number of rotatable bonds is 21. The molecule has 0 aromatic heterocycles. The van der Waals surface area contributed by atoms with Gasteiger partial charge in [-0.2, -0.15) is 4.89 Å². The van der Waals surface area contributed by atoms with Crippen molar-refractivity contribution in [2.75, 3.05) is 26.4 Å². The molecule has 0 N–H and O–H groups in total. The molecule has 50 heavy (non-hydrogen) atoms. The molecule has 0 aromatic carbocycles. The monoisotopic (exact) mass is 702 g/mol. The van der Waals surface area contributed by atoms with Crippen LogP contribution in [0.15, 0.2) is 31.2 Å². The normalized spacial score (nSPS) is 29.4. The Morgan fingerprint density at radius 2 is 1.10 bits per heavy atom. The molecule has 0 amide bonds. The minimum absolute atomic E-state index is 0.00181. The highest BCUT2D eigenvalue weighted by Crippen LogP contribution is 2.44. The summed E-state index contributed by atoms with van der Waals surface area (Å²) in [4.78, 5) is 47.0. The van der Waals surface area contributed by atoms with Crippen LogP contribution >= 0.6 is 0 Å². The summed E-state index contributed by atoms with van der Waals surface area (Å²) in [6, 6.07) is 0. The molecule has 4 aliphatic carbocycles. The van der Waals surface area contributed by atoms with Crippen LogP contribution in [0.1, 0.15) is 128 Å². The lowest BCUT2D eigenvalue weighted by Crippen LogP contribution is -2.39. The maximum absolute atomic E-state index is 13.2. The highest BCUT2D eigenvalue weighted by atomic mass is 17.2. The van der Waals surface area contributed by atoms with Gasteiger partial charge in [-0.05, 0) is 140 Å². The molecule has 10 heteroatoms. The Balaban J connectivity index is 1.01. The van der Waals surface area contributed by atoms with E-state index in [1.807, 2.05) is 0 Å². The van der Waals surface area contributed by atoms with Crippen LogP contribution in [-0.2, 0) is 47.8 Å². The van der Waals surface area contributed by atoms with Gasteiger partial charge in [-0.1, -0.05) is 18.9 Å². The van der Waals surface area contributed by atoms with Crippen molar-refractivity contribution in [3.05, 3.63) is 31.2 Å². The van der Waals surface area contributed by atoms with Crippen LogP contribution < -0.4 is 0 Å². The highest BCUT2D eigenvalue weighted by Gasteiger charge is 2.40. The quantitative estimate of drug-likeness (QED) is 0.0171. The Morgan fingerprint density at radius 3 is 1.78 bits per heavy atom. The SMILES string of the molecule is C=C=COOCCCCCOC1CCC(OC(=O)C2CCC3CC(OC(=O)C4CCC(OCCCCCOC(=O)C=C)CC4)CCC3C2)CC1. The molecular formula is C40H62O10. The molecule has 4 rings (SSSR count). The van der Waals surface area contributed by atoms with Crippen LogP contribution in [0.3, 0.4) is 0 Å². The predicted molar refractivity (Wildman–Crippen MR) is 187 cm³/mol. The number of esters is 3. The molecule has 4 unspecified atom stereocenters. The fourth-order valence-electron chi connectivity index (χ4n) is 8.14. The van der Waals surface area contributed by atoms with E-state index < -0.39 is 0 Å². The summed E-state index contributed by atoms with van der Waals surface area (Å²) >= 11 is 0. The van der Waals surface area contributed by atoms with Gasteiger partial charge in [0.1, 0.15) is 12.2 Å². The van der Waals surface area contributed by atoms with Crippen LogP contribution in [0, 0.1) is 23.7 Å². The Bertz CT molecular complexity index is 1070. The van der Waals surface area contributed by atoms with E-state index in [1.165, 1.54) is 12.3 Å². The zero-order valence-corrected chi connectivity index (χ0v) is 30.2. The van der Waals surface area contributed by atoms with E-state index in [0.717, 1.165) is 135 Å². The van der Waals surface area contributed by atoms with Crippen molar-refractivity contribution >= 4 is 17.9 Å². The summed E-state index contributed by atoms with van der Waals surface area (Å²) in [6.45, 7) is 9.19. The fourth-order valence-corrected chi connectivity index (χ4v) is 8.14. The van der Waals surface area contributed by atoms with Crippen LogP contribution in [0.25, 0.3) is 0 Å². The number of ether oxygens (including phenoxy) is 5. The average Bonchev–Trinajstić information content (AvgIpc) is 3.14. The summed E-state index contributed by atoms with van der Waals surface area (Å²) < 4.78 is 29.2. The summed E-state index contributed by atoms with van der Waals surface area (Å²) in [5, 5.41) is 0. The van der Waals surface area contributed by atoms with Crippen LogP contribution in [-0.4, -0.2) is 68.8 Å². The lowest BCUT2D eigenvalue weighted by Gasteiger charge is -2.41. The van der Waals surface area contributed by atoms with E-state index >= 15 is 0 Å². The predicted octanol–water partition coefficient (Wildman–Crippen LogP) is 7.88. The molecule has 0 heterocycles. The van der Waals surface area contributed by atoms with Crippen LogP contribution in [0.5, 0.6) is 0 Å². The molecular weight excluding hydrogens is 640 g/mol. The summed E-state index contributed by atoms with van der Waals surface area (Å²) in [5.41, 5.74) is 2.49. The zero-order valence-electron chi connectivity index (χ0n) is 30.2. The number of hydrogen-bond donors (Lipinski definition) is 0. The number of carbonyl (C=O) groups is 3. The highest BCUT2D eigenvalue weighted by molar-refractivity contribution is 5.81. The molecule has 4 aliphatic rings. The van der Waals surface area contributed by atoms with Gasteiger partial charge in [0.15, 0.2) is 6.26 Å². The van der Waals surface area contributed by atoms with Gasteiger partial charge in [-0.15, -0.1) is 0 Å². The van der Waals surface area contributed by atoms with Gasteiger partial charge in [0, 0.05) is 19.3 Å². The first-order valence-corrected chi connectivity index (χ1v) is 19.5. The number of unbranched alkanes of at least 4 members (excludes halogenated alkanes) is 4. The summed E-state index contributed by atoms with van der Waals surface area (Å²) in [7, 11) is 0. The third-order valence-corrected chi connectivity index (χ3v) is 11.1. The molecule has 0 aliphatic heterocycles. The first kappa shape index (κ1) is 40.1. The van der Waals surface area contributed by atoms with Gasteiger partial charge in [0.05, 0.1) is 37.3 Å². The van der Waals surface area contributed by atoms with Crippen LogP contribution in [0.4, 0.5) is 0 Å². The molecule has 4 fully saturated rings. The Labute approximate surface area is 299 Å².